The summed E-state index contributed by atoms with van der Waals surface area (Å²) in [4.78, 5) is 65.2. The van der Waals surface area contributed by atoms with Crippen molar-refractivity contribution in [3.05, 3.63) is 56.5 Å². The SMILES string of the molecule is CN1CCCN(C2CCN(CC(=O)N[C@H](CC(=O)c3cc(Br)c(N)c(Br)c3)C(=O)N3CCC(N4CCc5ccccc5NC4=O)CC3)CC2)CC1. The number of halogens is 2. The number of hydrogen-bond acceptors (Lipinski definition) is 8. The smallest absolute Gasteiger partial charge is 0.322 e. The number of anilines is 2. The maximum absolute atomic E-state index is 14.1. The molecule has 4 amide bonds. The third-order valence-corrected chi connectivity index (χ3v) is 12.3. The number of nitrogens with one attached hydrogen (secondary N) is 2. The molecule has 0 aliphatic carbocycles. The first kappa shape index (κ1) is 37.7. The first-order valence-electron chi connectivity index (χ1n) is 18.2. The Labute approximate surface area is 317 Å². The molecule has 1 atom stereocenters. The molecule has 4 N–H and O–H groups in total. The largest absolute Gasteiger partial charge is 0.397 e. The number of carbonyl (C=O) groups excluding carboxylic acids is 4. The molecule has 0 aromatic heterocycles. The Morgan fingerprint density at radius 3 is 2.31 bits per heavy atom. The second-order valence-corrected chi connectivity index (χ2v) is 16.1. The number of likely N-dealkylation sites (N-methyl/N-ethyl adjacent to an activating group) is 1. The predicted octanol–water partition coefficient (Wildman–Crippen LogP) is 4.03. The molecular formula is C37H50Br2N8O4. The molecule has 2 aromatic carbocycles. The van der Waals surface area contributed by atoms with Gasteiger partial charge in [0.1, 0.15) is 6.04 Å². The third kappa shape index (κ3) is 9.50. The monoisotopic (exact) mass is 828 g/mol. The summed E-state index contributed by atoms with van der Waals surface area (Å²) < 4.78 is 1.15. The number of nitrogens with zero attached hydrogens (tertiary/aromatic N) is 5. The molecule has 0 radical (unpaired) electrons. The fraction of sp³-hybridized carbons (Fsp3) is 0.568. The highest BCUT2D eigenvalue weighted by Crippen LogP contribution is 2.31. The van der Waals surface area contributed by atoms with Crippen LogP contribution in [0, 0.1) is 0 Å². The summed E-state index contributed by atoms with van der Waals surface area (Å²) in [5.41, 5.74) is 8.88. The number of ketones is 1. The van der Waals surface area contributed by atoms with E-state index in [0.717, 1.165) is 69.8 Å². The Bertz CT molecular complexity index is 1570. The molecule has 12 nitrogen and oxygen atoms in total. The number of Topliss-reactive ketones (excluding diaryl/α,β-unsaturated/α-hetero) is 1. The molecule has 0 bridgehead atoms. The van der Waals surface area contributed by atoms with Gasteiger partial charge in [-0.15, -0.1) is 0 Å². The summed E-state index contributed by atoms with van der Waals surface area (Å²) >= 11 is 6.83. The summed E-state index contributed by atoms with van der Waals surface area (Å²) in [6.07, 6.45) is 5.01. The van der Waals surface area contributed by atoms with Gasteiger partial charge in [-0.05, 0) is 114 Å². The predicted molar refractivity (Wildman–Crippen MR) is 206 cm³/mol. The molecule has 4 heterocycles. The number of rotatable bonds is 9. The molecule has 14 heteroatoms. The van der Waals surface area contributed by atoms with E-state index in [1.54, 1.807) is 17.0 Å². The molecule has 6 rings (SSSR count). The number of carbonyl (C=O) groups is 4. The van der Waals surface area contributed by atoms with Crippen molar-refractivity contribution in [2.45, 2.75) is 63.1 Å². The minimum atomic E-state index is -1.01. The van der Waals surface area contributed by atoms with Gasteiger partial charge >= 0.3 is 6.03 Å². The van der Waals surface area contributed by atoms with Gasteiger partial charge in [0.15, 0.2) is 5.78 Å². The Kier molecular flexibility index (Phi) is 12.7. The Balaban J connectivity index is 1.07. The van der Waals surface area contributed by atoms with Gasteiger partial charge in [0.05, 0.1) is 12.2 Å². The quantitative estimate of drug-likeness (QED) is 0.255. The molecule has 4 aliphatic heterocycles. The van der Waals surface area contributed by atoms with Crippen molar-refractivity contribution in [2.75, 3.05) is 83.5 Å². The number of urea groups is 1. The van der Waals surface area contributed by atoms with Crippen LogP contribution in [0.3, 0.4) is 0 Å². The lowest BCUT2D eigenvalue weighted by Gasteiger charge is -2.39. The minimum Gasteiger partial charge on any atom is -0.397 e. The number of fused-ring (bicyclic) bond motifs is 1. The van der Waals surface area contributed by atoms with E-state index in [9.17, 15) is 19.2 Å². The Morgan fingerprint density at radius 1 is 0.902 bits per heavy atom. The lowest BCUT2D eigenvalue weighted by molar-refractivity contribution is -0.138. The van der Waals surface area contributed by atoms with Gasteiger partial charge in [0.2, 0.25) is 11.8 Å². The van der Waals surface area contributed by atoms with Crippen molar-refractivity contribution in [3.8, 4) is 0 Å². The number of benzene rings is 2. The van der Waals surface area contributed by atoms with Crippen LogP contribution in [-0.4, -0.2) is 139 Å². The highest BCUT2D eigenvalue weighted by Gasteiger charge is 2.35. The van der Waals surface area contributed by atoms with E-state index in [1.165, 1.54) is 6.42 Å². The summed E-state index contributed by atoms with van der Waals surface area (Å²) in [5.74, 6) is -0.803. The van der Waals surface area contributed by atoms with Crippen molar-refractivity contribution in [1.82, 2.24) is 29.8 Å². The molecule has 3 fully saturated rings. The van der Waals surface area contributed by atoms with Crippen molar-refractivity contribution >= 4 is 66.9 Å². The van der Waals surface area contributed by atoms with Gasteiger partial charge in [-0.25, -0.2) is 4.79 Å². The molecule has 0 spiro atoms. The highest BCUT2D eigenvalue weighted by atomic mass is 79.9. The van der Waals surface area contributed by atoms with E-state index < -0.39 is 6.04 Å². The second kappa shape index (κ2) is 17.2. The zero-order valence-corrected chi connectivity index (χ0v) is 32.6. The number of para-hydroxylation sites is 1. The molecule has 276 valence electrons. The maximum atomic E-state index is 14.1. The van der Waals surface area contributed by atoms with Crippen LogP contribution in [0.25, 0.3) is 0 Å². The number of amides is 4. The number of piperidine rings is 2. The summed E-state index contributed by atoms with van der Waals surface area (Å²) in [6.45, 7) is 7.70. The first-order chi connectivity index (χ1) is 24.5. The van der Waals surface area contributed by atoms with E-state index >= 15 is 0 Å². The fourth-order valence-electron chi connectivity index (χ4n) is 7.92. The molecule has 0 saturated carbocycles. The molecule has 51 heavy (non-hydrogen) atoms. The molecular weight excluding hydrogens is 780 g/mol. The summed E-state index contributed by atoms with van der Waals surface area (Å²) in [7, 11) is 2.18. The topological polar surface area (TPSA) is 135 Å². The molecule has 4 aliphatic rings. The van der Waals surface area contributed by atoms with E-state index in [1.807, 2.05) is 29.2 Å². The lowest BCUT2D eigenvalue weighted by atomic mass is 9.99. The van der Waals surface area contributed by atoms with Crippen molar-refractivity contribution < 1.29 is 19.2 Å². The van der Waals surface area contributed by atoms with Crippen LogP contribution >= 0.6 is 31.9 Å². The number of nitrogen functional groups attached to an aromatic ring is 1. The van der Waals surface area contributed by atoms with Crippen molar-refractivity contribution in [1.29, 1.82) is 0 Å². The normalized spacial score (nSPS) is 21.0. The van der Waals surface area contributed by atoms with E-state index in [4.69, 9.17) is 5.73 Å². The van der Waals surface area contributed by atoms with Gasteiger partial charge in [0, 0.05) is 84.5 Å². The third-order valence-electron chi connectivity index (χ3n) is 11.0. The molecule has 0 unspecified atom stereocenters. The van der Waals surface area contributed by atoms with Crippen LogP contribution in [0.15, 0.2) is 45.3 Å². The van der Waals surface area contributed by atoms with Crippen LogP contribution in [0.2, 0.25) is 0 Å². The van der Waals surface area contributed by atoms with Crippen molar-refractivity contribution in [3.63, 3.8) is 0 Å². The number of likely N-dealkylation sites (tertiary alicyclic amines) is 2. The van der Waals surface area contributed by atoms with Gasteiger partial charge in [0.25, 0.3) is 0 Å². The zero-order valence-electron chi connectivity index (χ0n) is 29.4. The standard InChI is InChI=1S/C37H50Br2N8O4/c1-43-12-4-13-45(20-19-43)27-8-14-44(15-9-27)24-34(49)41-32(23-33(48)26-21-29(38)35(40)30(39)22-26)36(50)46-16-10-28(11-17-46)47-18-7-25-5-2-3-6-31(25)42-37(47)51/h2-3,5-6,21-22,27-28,32H,4,7-20,23-24,40H2,1H3,(H,41,49)(H,42,51)/t32-/m1/s1. The zero-order chi connectivity index (χ0) is 36.1. The molecule has 2 aromatic rings. The first-order valence-corrected chi connectivity index (χ1v) is 19.8. The summed E-state index contributed by atoms with van der Waals surface area (Å²) in [5, 5.41) is 6.01. The van der Waals surface area contributed by atoms with Crippen LogP contribution in [0.1, 0.15) is 54.4 Å². The van der Waals surface area contributed by atoms with Crippen LogP contribution in [0.4, 0.5) is 16.2 Å². The van der Waals surface area contributed by atoms with Gasteiger partial charge in [-0.3, -0.25) is 24.2 Å². The average molecular weight is 831 g/mol. The maximum Gasteiger partial charge on any atom is 0.322 e. The van der Waals surface area contributed by atoms with E-state index in [-0.39, 0.29) is 42.6 Å². The Hall–Kier alpha value is -3.04. The van der Waals surface area contributed by atoms with Crippen LogP contribution < -0.4 is 16.4 Å². The van der Waals surface area contributed by atoms with Crippen LogP contribution in [0.5, 0.6) is 0 Å². The second-order valence-electron chi connectivity index (χ2n) is 14.4. The number of nitrogens with two attached hydrogens (primary N) is 1. The van der Waals surface area contributed by atoms with Gasteiger partial charge in [-0.1, -0.05) is 18.2 Å². The van der Waals surface area contributed by atoms with Gasteiger partial charge in [-0.2, -0.15) is 0 Å². The van der Waals surface area contributed by atoms with E-state index in [2.05, 4.69) is 64.2 Å². The fourth-order valence-corrected chi connectivity index (χ4v) is 9.11. The number of hydrogen-bond donors (Lipinski definition) is 3. The van der Waals surface area contributed by atoms with E-state index in [0.29, 0.717) is 58.7 Å². The Morgan fingerprint density at radius 2 is 1.59 bits per heavy atom. The average Bonchev–Trinajstić information content (AvgIpc) is 3.45. The van der Waals surface area contributed by atoms with Crippen molar-refractivity contribution in [2.24, 2.45) is 0 Å². The minimum absolute atomic E-state index is 0.0133. The van der Waals surface area contributed by atoms with Gasteiger partial charge < -0.3 is 31.1 Å². The summed E-state index contributed by atoms with van der Waals surface area (Å²) in [6, 6.07) is 10.5. The lowest BCUT2D eigenvalue weighted by Crippen LogP contribution is -2.56. The van der Waals surface area contributed by atoms with Crippen LogP contribution in [-0.2, 0) is 16.0 Å². The highest BCUT2D eigenvalue weighted by molar-refractivity contribution is 9.11. The molecule has 3 saturated heterocycles.